The Morgan fingerprint density at radius 3 is 2.49 bits per heavy atom. The smallest absolute Gasteiger partial charge is 0.281 e. The van der Waals surface area contributed by atoms with Crippen molar-refractivity contribution in [3.63, 3.8) is 0 Å². The van der Waals surface area contributed by atoms with Crippen LogP contribution in [0.1, 0.15) is 69.3 Å². The van der Waals surface area contributed by atoms with Crippen molar-refractivity contribution >= 4 is 21.7 Å². The first-order valence-corrected chi connectivity index (χ1v) is 15.4. The molecule has 7 nitrogen and oxygen atoms in total. The molecule has 0 saturated heterocycles. The highest BCUT2D eigenvalue weighted by molar-refractivity contribution is 7.90. The Balaban J connectivity index is 1.75. The number of carbonyl (C=O) groups excluding carboxylic acids is 1. The third-order valence-corrected chi connectivity index (χ3v) is 8.82. The van der Waals surface area contributed by atoms with Gasteiger partial charge in [-0.15, -0.1) is 0 Å². The van der Waals surface area contributed by atoms with Crippen molar-refractivity contribution in [3.8, 4) is 16.9 Å². The van der Waals surface area contributed by atoms with Gasteiger partial charge in [-0.3, -0.25) is 4.79 Å². The maximum atomic E-state index is 14.6. The second kappa shape index (κ2) is 11.8. The topological polar surface area (TPSA) is 88.6 Å². The fraction of sp³-hybridized carbons (Fsp3) is 0.438. The average molecular weight is 582 g/mol. The van der Waals surface area contributed by atoms with Crippen molar-refractivity contribution in [2.45, 2.75) is 58.4 Å². The van der Waals surface area contributed by atoms with Gasteiger partial charge in [-0.05, 0) is 83.0 Å². The Bertz CT molecular complexity index is 1540. The molecule has 4 rings (SSSR count). The van der Waals surface area contributed by atoms with Gasteiger partial charge in [-0.25, -0.2) is 14.1 Å². The molecule has 1 aliphatic rings. The number of amides is 1. The van der Waals surface area contributed by atoms with Crippen molar-refractivity contribution < 1.29 is 22.3 Å². The molecule has 2 atom stereocenters. The van der Waals surface area contributed by atoms with E-state index in [0.29, 0.717) is 29.7 Å². The van der Waals surface area contributed by atoms with Gasteiger partial charge in [0.25, 0.3) is 15.9 Å². The molecule has 1 fully saturated rings. The van der Waals surface area contributed by atoms with E-state index in [2.05, 4.69) is 30.5 Å². The largest absolute Gasteiger partial charge is 0.493 e. The molecule has 1 saturated carbocycles. The summed E-state index contributed by atoms with van der Waals surface area (Å²) in [4.78, 5) is 19.5. The van der Waals surface area contributed by atoms with Gasteiger partial charge in [-0.1, -0.05) is 52.8 Å². The zero-order chi connectivity index (χ0) is 30.1. The molecule has 0 aliphatic heterocycles. The van der Waals surface area contributed by atoms with Gasteiger partial charge in [0.2, 0.25) is 0 Å². The van der Waals surface area contributed by atoms with Crippen LogP contribution in [0.2, 0.25) is 0 Å². The number of hydrogen-bond donors (Lipinski definition) is 1. The van der Waals surface area contributed by atoms with Gasteiger partial charge in [0.15, 0.2) is 5.03 Å². The number of hydrogen-bond acceptors (Lipinski definition) is 6. The Morgan fingerprint density at radius 2 is 1.85 bits per heavy atom. The minimum absolute atomic E-state index is 0.00122. The number of anilines is 1. The number of halogens is 1. The van der Waals surface area contributed by atoms with Crippen LogP contribution in [-0.4, -0.2) is 40.0 Å². The molecule has 1 amide bonds. The number of pyridine rings is 1. The highest BCUT2D eigenvalue weighted by Crippen LogP contribution is 2.52. The van der Waals surface area contributed by atoms with Gasteiger partial charge in [0, 0.05) is 25.7 Å². The molecule has 9 heteroatoms. The fourth-order valence-corrected chi connectivity index (χ4v) is 6.67. The van der Waals surface area contributed by atoms with Crippen molar-refractivity contribution in [2.75, 3.05) is 25.6 Å². The summed E-state index contributed by atoms with van der Waals surface area (Å²) in [6.07, 6.45) is 1.82. The third kappa shape index (κ3) is 7.07. The lowest BCUT2D eigenvalue weighted by atomic mass is 9.75. The van der Waals surface area contributed by atoms with Crippen molar-refractivity contribution in [3.05, 3.63) is 71.5 Å². The molecule has 0 bridgehead atoms. The number of aromatic nitrogens is 1. The van der Waals surface area contributed by atoms with Crippen LogP contribution in [0.4, 0.5) is 10.2 Å². The standard InChI is InChI=1S/C32H40FN3O4S/c1-20(2)19-40-25-15-23(14-24(33)17-25)22-11-12-26(27(16-22)28-13-21(3)18-32(28,4)5)31(37)35-41(38,39)30-10-8-9-29(34-30)36(6)7/h8-12,14-17,20-21,28H,13,18-19H2,1-7H3,(H,35,37)/t21-,28?/m1/s1. The van der Waals surface area contributed by atoms with Crippen molar-refractivity contribution in [1.82, 2.24) is 9.71 Å². The number of ether oxygens (including phenoxy) is 1. The van der Waals surface area contributed by atoms with Crippen LogP contribution in [0.25, 0.3) is 11.1 Å². The number of nitrogens with one attached hydrogen (secondary N) is 1. The van der Waals surface area contributed by atoms with E-state index in [1.807, 2.05) is 19.9 Å². The van der Waals surface area contributed by atoms with Gasteiger partial charge >= 0.3 is 0 Å². The highest BCUT2D eigenvalue weighted by Gasteiger charge is 2.41. The second-order valence-electron chi connectivity index (χ2n) is 12.4. The number of carbonyl (C=O) groups is 1. The van der Waals surface area contributed by atoms with Crippen LogP contribution >= 0.6 is 0 Å². The summed E-state index contributed by atoms with van der Waals surface area (Å²) >= 11 is 0. The Morgan fingerprint density at radius 1 is 1.12 bits per heavy atom. The molecule has 1 heterocycles. The van der Waals surface area contributed by atoms with E-state index in [1.165, 1.54) is 18.2 Å². The molecule has 2 aromatic carbocycles. The third-order valence-electron chi connectivity index (χ3n) is 7.58. The predicted octanol–water partition coefficient (Wildman–Crippen LogP) is 6.65. The zero-order valence-corrected chi connectivity index (χ0v) is 25.7. The molecule has 1 aromatic heterocycles. The average Bonchev–Trinajstić information content (AvgIpc) is 3.18. The molecule has 1 unspecified atom stereocenters. The van der Waals surface area contributed by atoms with E-state index in [1.54, 1.807) is 49.3 Å². The van der Waals surface area contributed by atoms with Gasteiger partial charge in [0.1, 0.15) is 17.4 Å². The summed E-state index contributed by atoms with van der Waals surface area (Å²) in [6.45, 7) is 11.0. The monoisotopic (exact) mass is 581 g/mol. The van der Waals surface area contributed by atoms with E-state index < -0.39 is 21.7 Å². The fourth-order valence-electron chi connectivity index (χ4n) is 5.74. The lowest BCUT2D eigenvalue weighted by Crippen LogP contribution is -2.33. The first-order valence-electron chi connectivity index (χ1n) is 14.0. The Kier molecular flexibility index (Phi) is 8.78. The summed E-state index contributed by atoms with van der Waals surface area (Å²) in [5, 5.41) is -0.237. The normalized spacial score (nSPS) is 18.4. The lowest BCUT2D eigenvalue weighted by molar-refractivity contribution is 0.0979. The van der Waals surface area contributed by atoms with Crippen LogP contribution < -0.4 is 14.4 Å². The molecule has 1 N–H and O–H groups in total. The summed E-state index contributed by atoms with van der Waals surface area (Å²) in [7, 11) is -0.719. The number of rotatable bonds is 9. The summed E-state index contributed by atoms with van der Waals surface area (Å²) in [5.41, 5.74) is 2.25. The first-order chi connectivity index (χ1) is 19.2. The molecule has 0 spiro atoms. The summed E-state index contributed by atoms with van der Waals surface area (Å²) in [6, 6.07) is 14.5. The number of nitrogens with zero attached hydrogens (tertiary/aromatic N) is 2. The van der Waals surface area contributed by atoms with E-state index in [0.717, 1.165) is 24.0 Å². The van der Waals surface area contributed by atoms with Crippen molar-refractivity contribution in [2.24, 2.45) is 17.3 Å². The maximum absolute atomic E-state index is 14.6. The minimum atomic E-state index is -4.23. The summed E-state index contributed by atoms with van der Waals surface area (Å²) in [5.74, 6) is 0.471. The molecular weight excluding hydrogens is 541 g/mol. The van der Waals surface area contributed by atoms with E-state index >= 15 is 0 Å². The van der Waals surface area contributed by atoms with E-state index in [-0.39, 0.29) is 27.8 Å². The summed E-state index contributed by atoms with van der Waals surface area (Å²) < 4.78 is 49.1. The Labute approximate surface area is 243 Å². The minimum Gasteiger partial charge on any atom is -0.493 e. The van der Waals surface area contributed by atoms with Crippen LogP contribution in [0.5, 0.6) is 5.75 Å². The van der Waals surface area contributed by atoms with Crippen LogP contribution in [-0.2, 0) is 10.0 Å². The predicted molar refractivity (Wildman–Crippen MR) is 160 cm³/mol. The van der Waals surface area contributed by atoms with E-state index in [9.17, 15) is 17.6 Å². The zero-order valence-electron chi connectivity index (χ0n) is 24.9. The lowest BCUT2D eigenvalue weighted by Gasteiger charge is -2.29. The Hall–Kier alpha value is -3.46. The SMILES string of the molecule is CC(C)COc1cc(F)cc(-c2ccc(C(=O)NS(=O)(=O)c3cccc(N(C)C)n3)c(C3C[C@@H](C)CC3(C)C)c2)c1. The van der Waals surface area contributed by atoms with Crippen LogP contribution in [0.3, 0.4) is 0 Å². The highest BCUT2D eigenvalue weighted by atomic mass is 32.2. The molecule has 3 aromatic rings. The first kappa shape index (κ1) is 30.5. The van der Waals surface area contributed by atoms with Crippen LogP contribution in [0.15, 0.2) is 59.6 Å². The molecule has 0 radical (unpaired) electrons. The second-order valence-corrected chi connectivity index (χ2v) is 14.1. The van der Waals surface area contributed by atoms with Gasteiger partial charge < -0.3 is 9.64 Å². The number of benzene rings is 2. The van der Waals surface area contributed by atoms with Gasteiger partial charge in [-0.2, -0.15) is 8.42 Å². The molecule has 41 heavy (non-hydrogen) atoms. The van der Waals surface area contributed by atoms with Gasteiger partial charge in [0.05, 0.1) is 6.61 Å². The molecule has 220 valence electrons. The maximum Gasteiger partial charge on any atom is 0.281 e. The van der Waals surface area contributed by atoms with E-state index in [4.69, 9.17) is 4.74 Å². The van der Waals surface area contributed by atoms with Crippen LogP contribution in [0, 0.1) is 23.1 Å². The molecular formula is C32H40FN3O4S. The molecule has 1 aliphatic carbocycles. The number of sulfonamides is 1. The quantitative estimate of drug-likeness (QED) is 0.305. The van der Waals surface area contributed by atoms with Crippen molar-refractivity contribution in [1.29, 1.82) is 0 Å².